The third-order valence-electron chi connectivity index (χ3n) is 0. The van der Waals surface area contributed by atoms with Gasteiger partial charge in [-0.1, -0.05) is 0 Å². The van der Waals surface area contributed by atoms with Gasteiger partial charge in [-0.3, -0.25) is 0 Å². The number of hydrogen-bond donors (Lipinski definition) is 10. The van der Waals surface area contributed by atoms with Crippen LogP contribution >= 0.6 is 0 Å². The molecule has 0 amide bonds. The molecule has 11 nitrogen and oxygen atoms in total. The molecule has 0 aromatic carbocycles. The molecule has 0 aromatic rings. The van der Waals surface area contributed by atoms with Crippen LogP contribution in [0.2, 0.25) is 0 Å². The van der Waals surface area contributed by atoms with Crippen molar-refractivity contribution >= 4 is 0 Å². The molecule has 0 aliphatic heterocycles. The second-order valence-electron chi connectivity index (χ2n) is 1.10. The van der Waals surface area contributed by atoms with E-state index < -0.39 is 18.2 Å². The fourth-order valence-electron chi connectivity index (χ4n) is 0. The Morgan fingerprint density at radius 3 is 0.583 bits per heavy atom. The molecule has 0 rings (SSSR count). The molecule has 0 saturated carbocycles. The van der Waals surface area contributed by atoms with E-state index in [9.17, 15) is 3.44 Å². The van der Waals surface area contributed by atoms with Crippen LogP contribution in [-0.2, 0) is 0 Å². The molecule has 12 heteroatoms. The van der Waals surface area contributed by atoms with Gasteiger partial charge in [0.25, 0.3) is 0 Å². The summed E-state index contributed by atoms with van der Waals surface area (Å²) in [7, 11) is 0. The minimum atomic E-state index is -8.37. The van der Waals surface area contributed by atoms with Crippen LogP contribution < -0.4 is 52.3 Å². The van der Waals surface area contributed by atoms with Gasteiger partial charge in [0.1, 0.15) is 0 Å². The van der Waals surface area contributed by atoms with Crippen molar-refractivity contribution in [2.45, 2.75) is 0 Å². The van der Waals surface area contributed by atoms with Crippen LogP contribution in [0.15, 0.2) is 0 Å². The second kappa shape index (κ2) is 5.11. The van der Waals surface area contributed by atoms with Crippen molar-refractivity contribution < 1.29 is 38.8 Å². The van der Waals surface area contributed by atoms with Crippen LogP contribution in [-0.4, -0.2) is 17.2 Å². The molecule has 0 aliphatic carbocycles. The van der Waals surface area contributed by atoms with Crippen molar-refractivity contribution in [1.29, 1.82) is 0 Å². The summed E-state index contributed by atoms with van der Waals surface area (Å²) in [5.41, 5.74) is 0. The minimum absolute atomic E-state index is 0. The first-order valence-electron chi connectivity index (χ1n) is 0.999. The fraction of sp³-hybridized carbons (Fsp3) is 0. The Balaban J connectivity index is -0.0000000180. The molecule has 0 unspecified atom stereocenters. The van der Waals surface area contributed by atoms with Crippen molar-refractivity contribution in [3.8, 4) is 0 Å². The first kappa shape index (κ1) is 39.6. The van der Waals surface area contributed by atoms with Crippen LogP contribution in [0.25, 0.3) is 0 Å². The molecule has 0 saturated heterocycles. The average Bonchev–Trinajstić information content (AvgIpc) is 0.592. The van der Waals surface area contributed by atoms with E-state index in [0.29, 0.717) is 0 Å². The van der Waals surface area contributed by atoms with Crippen LogP contribution in [0.1, 0.15) is 0 Å². The Morgan fingerprint density at radius 2 is 0.583 bits per heavy atom. The first-order valence-corrected chi connectivity index (χ1v) is 6.70. The standard InChI is InChI=1S/H5IO6.5H3N/c2-1(3,4,5,6)7;;;;;/h2-6H;5*1H3. The summed E-state index contributed by atoms with van der Waals surface area (Å²) in [6.45, 7) is 0. The van der Waals surface area contributed by atoms with Crippen LogP contribution in [0.4, 0.5) is 0 Å². The predicted octanol–water partition coefficient (Wildman–Crippen LogP) is -6.16. The molecule has 0 fully saturated rings. The van der Waals surface area contributed by atoms with Gasteiger partial charge >= 0.3 is 38.8 Å². The van der Waals surface area contributed by atoms with Gasteiger partial charge in [0.2, 0.25) is 0 Å². The van der Waals surface area contributed by atoms with E-state index in [1.54, 1.807) is 0 Å². The summed E-state index contributed by atoms with van der Waals surface area (Å²) in [6, 6.07) is 0. The summed E-state index contributed by atoms with van der Waals surface area (Å²) < 4.78 is 45.7. The van der Waals surface area contributed by atoms with E-state index in [1.165, 1.54) is 0 Å². The Kier molecular flexibility index (Phi) is 16.9. The van der Waals surface area contributed by atoms with Crippen molar-refractivity contribution in [2.24, 2.45) is 0 Å². The SMILES string of the molecule is N.N.N.N.N.[O-][I+](O)(O)(O)(O)O. The number of halogens is 1. The van der Waals surface area contributed by atoms with Gasteiger partial charge in [0.05, 0.1) is 0 Å². The zero-order valence-corrected chi connectivity index (χ0v) is 8.72. The van der Waals surface area contributed by atoms with Gasteiger partial charge in [0, 0.05) is 0 Å². The molecule has 12 heavy (non-hydrogen) atoms. The topological polar surface area (TPSA) is 299 Å². The Labute approximate surface area is 70.0 Å². The molecule has 0 spiro atoms. The molecule has 0 bridgehead atoms. The molecule has 0 aromatic heterocycles. The van der Waals surface area contributed by atoms with Gasteiger partial charge in [-0.2, -0.15) is 0 Å². The summed E-state index contributed by atoms with van der Waals surface area (Å²) in [5.74, 6) is 0. The van der Waals surface area contributed by atoms with Gasteiger partial charge < -0.3 is 30.8 Å². The summed E-state index contributed by atoms with van der Waals surface area (Å²) in [4.78, 5) is 0. The van der Waals surface area contributed by atoms with Gasteiger partial charge in [-0.05, 0) is 0 Å². The van der Waals surface area contributed by atoms with E-state index in [4.69, 9.17) is 17.2 Å². The zero-order valence-electron chi connectivity index (χ0n) is 6.56. The Morgan fingerprint density at radius 1 is 0.583 bits per heavy atom. The third kappa shape index (κ3) is 10600. The first-order chi connectivity index (χ1) is 2.45. The Bertz CT molecular complexity index is 74.5. The van der Waals surface area contributed by atoms with E-state index in [-0.39, 0.29) is 30.8 Å². The van der Waals surface area contributed by atoms with Crippen molar-refractivity contribution in [3.05, 3.63) is 0 Å². The molecule has 0 atom stereocenters. The summed E-state index contributed by atoms with van der Waals surface area (Å²) in [5, 5.41) is 0. The van der Waals surface area contributed by atoms with Crippen molar-refractivity contribution in [3.63, 3.8) is 0 Å². The molecule has 0 aliphatic rings. The van der Waals surface area contributed by atoms with Crippen LogP contribution in [0.5, 0.6) is 0 Å². The maximum absolute atomic E-state index is 9.22. The van der Waals surface area contributed by atoms with Crippen LogP contribution in [0, 0.1) is 0 Å². The number of rotatable bonds is 0. The molecular weight excluding hydrogens is 293 g/mol. The monoisotopic (exact) mass is 313 g/mol. The molecule has 88 valence electrons. The fourth-order valence-corrected chi connectivity index (χ4v) is 0. The van der Waals surface area contributed by atoms with E-state index >= 15 is 0 Å². The van der Waals surface area contributed by atoms with Crippen molar-refractivity contribution in [2.75, 3.05) is 0 Å². The molecule has 0 heterocycles. The van der Waals surface area contributed by atoms with Gasteiger partial charge in [0.15, 0.2) is 0 Å². The molecular formula is H20IN5O6. The summed E-state index contributed by atoms with van der Waals surface area (Å²) in [6.07, 6.45) is 0. The predicted molar refractivity (Wildman–Crippen MR) is 36.2 cm³/mol. The Hall–Kier alpha value is 0.290. The third-order valence-corrected chi connectivity index (χ3v) is 0. The van der Waals surface area contributed by atoms with Gasteiger partial charge in [-0.15, -0.1) is 0 Å². The van der Waals surface area contributed by atoms with Crippen molar-refractivity contribution in [1.82, 2.24) is 30.8 Å². The zero-order chi connectivity index (χ0) is 6.41. The quantitative estimate of drug-likeness (QED) is 0.187. The second-order valence-corrected chi connectivity index (χ2v) is 7.39. The van der Waals surface area contributed by atoms with E-state index in [0.717, 1.165) is 0 Å². The van der Waals surface area contributed by atoms with E-state index in [2.05, 4.69) is 0 Å². The summed E-state index contributed by atoms with van der Waals surface area (Å²) >= 11 is -8.37. The van der Waals surface area contributed by atoms with Gasteiger partial charge in [-0.25, -0.2) is 0 Å². The van der Waals surface area contributed by atoms with E-state index in [1.807, 2.05) is 0 Å². The normalized spacial score (nSPS) is 13.5. The average molecular weight is 313 g/mol. The molecule has 20 N–H and O–H groups in total. The van der Waals surface area contributed by atoms with Crippen LogP contribution in [0.3, 0.4) is 0 Å². The number of hydrogen-bond acceptors (Lipinski definition) is 11. The molecule has 0 radical (unpaired) electrons. The maximum atomic E-state index is 9.22.